The van der Waals surface area contributed by atoms with Crippen LogP contribution < -0.4 is 5.73 Å². The number of nitrogens with zero attached hydrogens (tertiary/aromatic N) is 4. The van der Waals surface area contributed by atoms with Gasteiger partial charge in [0.2, 0.25) is 5.91 Å². The molecule has 0 radical (unpaired) electrons. The zero-order valence-electron chi connectivity index (χ0n) is 9.83. The van der Waals surface area contributed by atoms with E-state index in [2.05, 4.69) is 22.1 Å². The van der Waals surface area contributed by atoms with E-state index in [0.717, 1.165) is 0 Å². The van der Waals surface area contributed by atoms with Gasteiger partial charge in [0.15, 0.2) is 6.04 Å². The Bertz CT molecular complexity index is 338. The average Bonchev–Trinajstić information content (AvgIpc) is 2.23. The van der Waals surface area contributed by atoms with Gasteiger partial charge in [0.05, 0.1) is 0 Å². The molecule has 8 nitrogen and oxygen atoms in total. The number of carbonyl (C=O) groups is 2. The van der Waals surface area contributed by atoms with E-state index in [1.165, 1.54) is 6.08 Å². The predicted molar refractivity (Wildman–Crippen MR) is 59.5 cm³/mol. The molecule has 0 bridgehead atoms. The lowest BCUT2D eigenvalue weighted by atomic mass is 10.1. The van der Waals surface area contributed by atoms with E-state index in [1.54, 1.807) is 13.8 Å². The maximum absolute atomic E-state index is 11.3. The number of nitrogens with one attached hydrogen (secondary N) is 1. The topological polar surface area (TPSA) is 124 Å². The van der Waals surface area contributed by atoms with E-state index < -0.39 is 17.9 Å². The number of rotatable bonds is 7. The normalized spacial score (nSPS) is 12.4. The average molecular weight is 240 g/mol. The first-order valence-corrected chi connectivity index (χ1v) is 4.95. The van der Waals surface area contributed by atoms with Crippen molar-refractivity contribution in [2.75, 3.05) is 0 Å². The molecule has 0 fully saturated rings. The maximum atomic E-state index is 11.3. The van der Waals surface area contributed by atoms with Crippen LogP contribution in [0.2, 0.25) is 0 Å². The number of nitrogens with two attached hydrogens (primary N) is 1. The minimum absolute atomic E-state index is 0.0235. The van der Waals surface area contributed by atoms with Crippen LogP contribution >= 0.6 is 0 Å². The smallest absolute Gasteiger partial charge is 0.271 e. The fourth-order valence-corrected chi connectivity index (χ4v) is 0.954. The van der Waals surface area contributed by atoms with Crippen LogP contribution in [0.1, 0.15) is 20.3 Å². The van der Waals surface area contributed by atoms with Crippen LogP contribution in [0.3, 0.4) is 0 Å². The summed E-state index contributed by atoms with van der Waals surface area (Å²) in [6.45, 7) is 6.85. The summed E-state index contributed by atoms with van der Waals surface area (Å²) < 4.78 is 0. The molecule has 0 saturated carbocycles. The Morgan fingerprint density at radius 2 is 2.12 bits per heavy atom. The molecule has 0 saturated heterocycles. The van der Waals surface area contributed by atoms with Crippen molar-refractivity contribution in [2.24, 2.45) is 27.2 Å². The van der Waals surface area contributed by atoms with Gasteiger partial charge in [-0.2, -0.15) is 10.6 Å². The summed E-state index contributed by atoms with van der Waals surface area (Å²) in [6, 6.07) is -0.851. The Hall–Kier alpha value is -2.12. The highest BCUT2D eigenvalue weighted by atomic mass is 16.2. The first kappa shape index (κ1) is 14.9. The molecular weight excluding hydrogens is 224 g/mol. The van der Waals surface area contributed by atoms with Crippen molar-refractivity contribution in [2.45, 2.75) is 26.3 Å². The largest absolute Gasteiger partial charge is 0.368 e. The predicted octanol–water partition coefficient (Wildman–Crippen LogP) is 1.21. The summed E-state index contributed by atoms with van der Waals surface area (Å²) in [6.07, 6.45) is 1.33. The second kappa shape index (κ2) is 7.20. The summed E-state index contributed by atoms with van der Waals surface area (Å²) >= 11 is 0. The van der Waals surface area contributed by atoms with E-state index in [4.69, 9.17) is 11.3 Å². The lowest BCUT2D eigenvalue weighted by Gasteiger charge is -2.12. The van der Waals surface area contributed by atoms with Gasteiger partial charge in [-0.15, -0.1) is 6.58 Å². The zero-order valence-corrected chi connectivity index (χ0v) is 9.83. The number of amides is 2. The molecule has 0 aromatic rings. The molecule has 0 rings (SSSR count). The minimum Gasteiger partial charge on any atom is -0.368 e. The fraction of sp³-hybridized carbons (Fsp3) is 0.556. The molecule has 0 aliphatic carbocycles. The lowest BCUT2D eigenvalue weighted by molar-refractivity contribution is -0.132. The van der Waals surface area contributed by atoms with Crippen molar-refractivity contribution >= 4 is 11.8 Å². The van der Waals surface area contributed by atoms with Crippen molar-refractivity contribution in [3.63, 3.8) is 0 Å². The molecular formula is C9H16N6O2. The number of carbonyl (C=O) groups excluding carboxylic acids is 2. The van der Waals surface area contributed by atoms with E-state index in [9.17, 15) is 9.59 Å². The van der Waals surface area contributed by atoms with Gasteiger partial charge < -0.3 is 5.73 Å². The SMILES string of the molecule is C=CCC(=O)N(N=N)N=N[C@H](C(N)=O)C(C)C. The second-order valence-electron chi connectivity index (χ2n) is 3.57. The highest BCUT2D eigenvalue weighted by Crippen LogP contribution is 2.08. The van der Waals surface area contributed by atoms with E-state index in [0.29, 0.717) is 5.12 Å². The van der Waals surface area contributed by atoms with Crippen LogP contribution in [0.5, 0.6) is 0 Å². The van der Waals surface area contributed by atoms with E-state index in [-0.39, 0.29) is 12.3 Å². The summed E-state index contributed by atoms with van der Waals surface area (Å²) in [5.74, 6) is -1.37. The van der Waals surface area contributed by atoms with Crippen LogP contribution in [0, 0.1) is 11.4 Å². The van der Waals surface area contributed by atoms with Crippen molar-refractivity contribution in [1.29, 1.82) is 5.53 Å². The van der Waals surface area contributed by atoms with Crippen molar-refractivity contribution in [3.8, 4) is 0 Å². The van der Waals surface area contributed by atoms with Crippen LogP contribution in [0.4, 0.5) is 0 Å². The first-order valence-electron chi connectivity index (χ1n) is 4.95. The Balaban J connectivity index is 4.74. The molecule has 8 heteroatoms. The number of hydrogen-bond donors (Lipinski definition) is 2. The summed E-state index contributed by atoms with van der Waals surface area (Å²) in [4.78, 5) is 22.3. The summed E-state index contributed by atoms with van der Waals surface area (Å²) in [5, 5.41) is 10.4. The van der Waals surface area contributed by atoms with Gasteiger partial charge >= 0.3 is 0 Å². The Morgan fingerprint density at radius 1 is 1.53 bits per heavy atom. The van der Waals surface area contributed by atoms with Crippen molar-refractivity contribution < 1.29 is 9.59 Å². The molecule has 0 unspecified atom stereocenters. The highest BCUT2D eigenvalue weighted by molar-refractivity contribution is 5.80. The van der Waals surface area contributed by atoms with Crippen molar-refractivity contribution in [1.82, 2.24) is 5.12 Å². The molecule has 0 heterocycles. The molecule has 0 aliphatic heterocycles. The summed E-state index contributed by atoms with van der Waals surface area (Å²) in [5.41, 5.74) is 11.9. The Labute approximate surface area is 99.0 Å². The minimum atomic E-state index is -0.851. The third-order valence-corrected chi connectivity index (χ3v) is 1.82. The monoisotopic (exact) mass is 240 g/mol. The maximum Gasteiger partial charge on any atom is 0.271 e. The van der Waals surface area contributed by atoms with Crippen LogP contribution in [-0.4, -0.2) is 23.0 Å². The van der Waals surface area contributed by atoms with Crippen LogP contribution in [0.15, 0.2) is 28.2 Å². The molecule has 94 valence electrons. The van der Waals surface area contributed by atoms with E-state index >= 15 is 0 Å². The third kappa shape index (κ3) is 4.96. The summed E-state index contributed by atoms with van der Waals surface area (Å²) in [7, 11) is 0. The van der Waals surface area contributed by atoms with Gasteiger partial charge in [0.25, 0.3) is 5.91 Å². The van der Waals surface area contributed by atoms with Crippen molar-refractivity contribution in [3.05, 3.63) is 12.7 Å². The van der Waals surface area contributed by atoms with Crippen LogP contribution in [-0.2, 0) is 9.59 Å². The van der Waals surface area contributed by atoms with Gasteiger partial charge in [-0.3, -0.25) is 9.59 Å². The molecule has 0 aromatic heterocycles. The van der Waals surface area contributed by atoms with Gasteiger partial charge in [0.1, 0.15) is 0 Å². The molecule has 0 aromatic carbocycles. The number of primary amides is 1. The Kier molecular flexibility index (Phi) is 6.30. The standard InChI is InChI=1S/C9H16N6O2/c1-4-5-7(16)15(13-11)14-12-8(6(2)3)9(10)17/h4,6,8,11H,1,5H2,2-3H3,(H2,10,17)/t8-/m0/s1. The second-order valence-corrected chi connectivity index (χ2v) is 3.57. The molecule has 1 atom stereocenters. The van der Waals surface area contributed by atoms with Gasteiger partial charge in [-0.05, 0) is 16.4 Å². The van der Waals surface area contributed by atoms with Gasteiger partial charge in [-0.1, -0.05) is 25.0 Å². The first-order chi connectivity index (χ1) is 7.93. The van der Waals surface area contributed by atoms with E-state index in [1.807, 2.05) is 0 Å². The van der Waals surface area contributed by atoms with Crippen LogP contribution in [0.25, 0.3) is 0 Å². The Morgan fingerprint density at radius 3 is 2.47 bits per heavy atom. The molecule has 0 aliphatic rings. The highest BCUT2D eigenvalue weighted by Gasteiger charge is 2.20. The molecule has 2 amide bonds. The quantitative estimate of drug-likeness (QED) is 0.394. The fourth-order valence-electron chi connectivity index (χ4n) is 0.954. The zero-order chi connectivity index (χ0) is 13.4. The lowest BCUT2D eigenvalue weighted by Crippen LogP contribution is -2.31. The van der Waals surface area contributed by atoms with Gasteiger partial charge in [0, 0.05) is 6.42 Å². The molecule has 0 spiro atoms. The molecule has 17 heavy (non-hydrogen) atoms. The number of hydrogen-bond acceptors (Lipinski definition) is 6. The third-order valence-electron chi connectivity index (χ3n) is 1.82. The molecule has 3 N–H and O–H groups in total. The van der Waals surface area contributed by atoms with Gasteiger partial charge in [-0.25, -0.2) is 0 Å².